The Morgan fingerprint density at radius 3 is 2.58 bits per heavy atom. The maximum atomic E-state index is 14.3. The zero-order valence-corrected chi connectivity index (χ0v) is 36.3. The van der Waals surface area contributed by atoms with Crippen LogP contribution < -0.4 is 24.6 Å². The van der Waals surface area contributed by atoms with E-state index in [1.807, 2.05) is 78.6 Å². The van der Waals surface area contributed by atoms with Crippen molar-refractivity contribution in [3.05, 3.63) is 130 Å². The van der Waals surface area contributed by atoms with E-state index in [2.05, 4.69) is 19.9 Å². The van der Waals surface area contributed by atoms with Crippen LogP contribution in [0.3, 0.4) is 0 Å². The summed E-state index contributed by atoms with van der Waals surface area (Å²) in [6, 6.07) is 27.9. The molecule has 64 heavy (non-hydrogen) atoms. The molecule has 0 bridgehead atoms. The van der Waals surface area contributed by atoms with E-state index >= 15 is 0 Å². The van der Waals surface area contributed by atoms with Crippen LogP contribution in [0.1, 0.15) is 41.8 Å². The summed E-state index contributed by atoms with van der Waals surface area (Å²) in [5.74, 6) is -0.615. The van der Waals surface area contributed by atoms with Crippen molar-refractivity contribution in [3.63, 3.8) is 0 Å². The van der Waals surface area contributed by atoms with Crippen LogP contribution >= 0.6 is 11.6 Å². The number of pyridine rings is 1. The van der Waals surface area contributed by atoms with Crippen LogP contribution in [0.2, 0.25) is 5.02 Å². The summed E-state index contributed by atoms with van der Waals surface area (Å²) in [5, 5.41) is 28.3. The van der Waals surface area contributed by atoms with E-state index in [0.29, 0.717) is 80.2 Å². The van der Waals surface area contributed by atoms with E-state index in [4.69, 9.17) is 30.8 Å². The first-order chi connectivity index (χ1) is 30.9. The second kappa shape index (κ2) is 18.1. The first-order valence-corrected chi connectivity index (χ1v) is 22.9. The number of halogens is 1. The number of nitro groups is 1. The number of carbonyl (C=O) groups is 1. The van der Waals surface area contributed by atoms with Gasteiger partial charge in [0.2, 0.25) is 5.88 Å². The number of hydrogen-bond acceptors (Lipinski definition) is 13. The summed E-state index contributed by atoms with van der Waals surface area (Å²) in [6.45, 7) is 4.78. The summed E-state index contributed by atoms with van der Waals surface area (Å²) in [4.78, 5) is 37.2. The molecule has 4 N–H and O–H groups in total. The summed E-state index contributed by atoms with van der Waals surface area (Å²) in [6.07, 6.45) is 1.72. The van der Waals surface area contributed by atoms with Crippen LogP contribution in [0, 0.1) is 16.0 Å². The molecule has 5 heterocycles. The van der Waals surface area contributed by atoms with Gasteiger partial charge in [-0.05, 0) is 97.0 Å². The van der Waals surface area contributed by atoms with E-state index < -0.39 is 37.5 Å². The summed E-state index contributed by atoms with van der Waals surface area (Å²) >= 11 is 6.17. The quantitative estimate of drug-likeness (QED) is 0.0691. The number of aliphatic hydroxyl groups excluding tert-OH is 1. The number of ether oxygens (including phenoxy) is 3. The highest BCUT2D eigenvalue weighted by molar-refractivity contribution is 7.90. The van der Waals surface area contributed by atoms with Crippen molar-refractivity contribution in [1.29, 1.82) is 0 Å². The molecule has 2 aromatic heterocycles. The molecule has 2 saturated heterocycles. The molecule has 6 aromatic rings. The highest BCUT2D eigenvalue weighted by atomic mass is 35.5. The number of amides is 1. The first-order valence-electron chi connectivity index (χ1n) is 21.0. The third kappa shape index (κ3) is 8.94. The monoisotopic (exact) mass is 907 g/mol. The number of aromatic amines is 1. The van der Waals surface area contributed by atoms with Gasteiger partial charge in [-0.1, -0.05) is 48.0 Å². The lowest BCUT2D eigenvalue weighted by Gasteiger charge is -2.38. The van der Waals surface area contributed by atoms with Crippen molar-refractivity contribution in [3.8, 4) is 17.0 Å². The molecular weight excluding hydrogens is 862 g/mol. The highest BCUT2D eigenvalue weighted by Gasteiger charge is 2.33. The molecule has 16 nitrogen and oxygen atoms in total. The molecule has 3 atom stereocenters. The number of nitrogens with one attached hydrogen (secondary N) is 3. The minimum Gasteiger partial charge on any atom is -0.471 e. The Bertz CT molecular complexity index is 2810. The Labute approximate surface area is 374 Å². The Balaban J connectivity index is 0.996. The molecule has 2 fully saturated rings. The van der Waals surface area contributed by atoms with Gasteiger partial charge in [-0.15, -0.1) is 0 Å². The number of aromatic nitrogens is 2. The molecule has 0 unspecified atom stereocenters. The average molecular weight is 908 g/mol. The van der Waals surface area contributed by atoms with E-state index in [-0.39, 0.29) is 35.9 Å². The van der Waals surface area contributed by atoms with Crippen LogP contribution in [0.25, 0.3) is 22.2 Å². The maximum absolute atomic E-state index is 14.3. The van der Waals surface area contributed by atoms with Gasteiger partial charge in [0, 0.05) is 48.0 Å². The fourth-order valence-electron chi connectivity index (χ4n) is 8.65. The summed E-state index contributed by atoms with van der Waals surface area (Å²) in [7, 11) is -4.62. The second-order valence-electron chi connectivity index (χ2n) is 16.2. The number of nitrogens with zero attached hydrogens (tertiary/aromatic N) is 4. The second-order valence-corrected chi connectivity index (χ2v) is 18.3. The van der Waals surface area contributed by atoms with Crippen molar-refractivity contribution < 1.29 is 37.5 Å². The summed E-state index contributed by atoms with van der Waals surface area (Å²) < 4.78 is 47.1. The average Bonchev–Trinajstić information content (AvgIpc) is 3.77. The van der Waals surface area contributed by atoms with Crippen molar-refractivity contribution in [1.82, 2.24) is 14.7 Å². The van der Waals surface area contributed by atoms with Gasteiger partial charge in [-0.2, -0.15) is 4.98 Å². The largest absolute Gasteiger partial charge is 0.471 e. The third-order valence-electron chi connectivity index (χ3n) is 11.9. The third-order valence-corrected chi connectivity index (χ3v) is 13.5. The maximum Gasteiger partial charge on any atom is 0.293 e. The van der Waals surface area contributed by atoms with Crippen molar-refractivity contribution >= 4 is 67.0 Å². The lowest BCUT2D eigenvalue weighted by molar-refractivity contribution is -0.384. The smallest absolute Gasteiger partial charge is 0.293 e. The Morgan fingerprint density at radius 2 is 1.81 bits per heavy atom. The Hall–Kier alpha value is -6.24. The van der Waals surface area contributed by atoms with Crippen LogP contribution in [0.5, 0.6) is 5.88 Å². The van der Waals surface area contributed by atoms with Gasteiger partial charge in [0.05, 0.1) is 59.6 Å². The molecule has 332 valence electrons. The highest BCUT2D eigenvalue weighted by Crippen LogP contribution is 2.43. The lowest BCUT2D eigenvalue weighted by Crippen LogP contribution is -2.38. The molecule has 3 aliphatic rings. The molecule has 1 amide bonds. The molecule has 18 heteroatoms. The number of anilines is 4. The van der Waals surface area contributed by atoms with Gasteiger partial charge >= 0.3 is 0 Å². The van der Waals surface area contributed by atoms with Crippen LogP contribution in [0.15, 0.2) is 108 Å². The number of H-pyrrole nitrogens is 1. The minimum absolute atomic E-state index is 0.0255. The van der Waals surface area contributed by atoms with Gasteiger partial charge in [0.15, 0.2) is 0 Å². The summed E-state index contributed by atoms with van der Waals surface area (Å²) in [5.41, 5.74) is 4.84. The SMILES string of the molecule is C[C@@H]1CN(c2cc(N3CCC([C@@H](O)c4ccccc4-c4ccc(Cl)cc4)CC3)ccc2C(=O)NS(=O)(=O)c2ccc(NC[C@@H]3COCCO3)c([N+](=O)[O-])c2)c2cc3cc[nH]c3nc2O1. The zero-order chi connectivity index (χ0) is 44.5. The number of sulfonamides is 1. The Kier molecular flexibility index (Phi) is 12.2. The van der Waals surface area contributed by atoms with Gasteiger partial charge in [-0.3, -0.25) is 14.9 Å². The molecule has 9 rings (SSSR count). The van der Waals surface area contributed by atoms with Gasteiger partial charge < -0.3 is 39.4 Å². The van der Waals surface area contributed by atoms with Gasteiger partial charge in [0.1, 0.15) is 23.1 Å². The van der Waals surface area contributed by atoms with E-state index in [1.165, 1.54) is 12.1 Å². The Morgan fingerprint density at radius 1 is 1.02 bits per heavy atom. The topological polar surface area (TPSA) is 201 Å². The molecule has 0 saturated carbocycles. The molecule has 0 radical (unpaired) electrons. The predicted octanol–water partition coefficient (Wildman–Crippen LogP) is 7.61. The number of piperidine rings is 1. The number of hydrogen-bond donors (Lipinski definition) is 4. The predicted molar refractivity (Wildman–Crippen MR) is 243 cm³/mol. The van der Waals surface area contributed by atoms with E-state index in [9.17, 15) is 28.4 Å². The molecular formula is C46H46ClN7O9S. The van der Waals surface area contributed by atoms with Crippen LogP contribution in [-0.4, -0.2) is 92.5 Å². The zero-order valence-electron chi connectivity index (χ0n) is 34.8. The molecule has 3 aliphatic heterocycles. The molecule has 0 aliphatic carbocycles. The fourth-order valence-corrected chi connectivity index (χ4v) is 9.76. The number of aliphatic hydroxyl groups is 1. The number of benzene rings is 4. The number of fused-ring (bicyclic) bond motifs is 2. The van der Waals surface area contributed by atoms with Crippen LogP contribution in [-0.2, 0) is 19.5 Å². The molecule has 0 spiro atoms. The lowest BCUT2D eigenvalue weighted by atomic mass is 9.84. The fraction of sp³-hybridized carbons (Fsp3) is 0.304. The number of rotatable bonds is 12. The van der Waals surface area contributed by atoms with Crippen molar-refractivity contribution in [2.24, 2.45) is 5.92 Å². The first kappa shape index (κ1) is 43.0. The van der Waals surface area contributed by atoms with Crippen LogP contribution in [0.4, 0.5) is 28.4 Å². The standard InChI is InChI=1S/C46H46ClN7O9S/c1-28-26-53(42-22-31-14-17-48-44(31)50-46(42)63-28)40-23-33(52-18-15-30(16-19-52)43(55)37-5-3-2-4-36(37)29-6-8-32(47)9-7-29)10-12-38(40)45(56)51-64(59,60)35-11-13-39(41(24-35)54(57)58)49-25-34-27-61-20-21-62-34/h2-14,17,22-24,28,30,34,43,49,55H,15-16,18-21,25-27H2,1H3,(H,48,50)(H,51,56)/t28-,34-,43-/m1/s1. The van der Waals surface area contributed by atoms with E-state index in [1.54, 1.807) is 18.3 Å². The van der Waals surface area contributed by atoms with Crippen molar-refractivity contribution in [2.75, 3.05) is 61.1 Å². The van der Waals surface area contributed by atoms with E-state index in [0.717, 1.165) is 33.8 Å². The van der Waals surface area contributed by atoms with Gasteiger partial charge in [0.25, 0.3) is 21.6 Å². The minimum atomic E-state index is -4.62. The normalized spacial score (nSPS) is 18.5. The number of nitro benzene ring substituents is 1. The molecule has 4 aromatic carbocycles. The number of carbonyl (C=O) groups excluding carboxylic acids is 1. The van der Waals surface area contributed by atoms with Crippen molar-refractivity contribution in [2.45, 2.75) is 43.0 Å². The van der Waals surface area contributed by atoms with Gasteiger partial charge in [-0.25, -0.2) is 13.1 Å².